The maximum Gasteiger partial charge on any atom is 0.286 e. The third-order valence-electron chi connectivity index (χ3n) is 4.62. The lowest BCUT2D eigenvalue weighted by atomic mass is 10.1. The summed E-state index contributed by atoms with van der Waals surface area (Å²) in [4.78, 5) is 18.5. The van der Waals surface area contributed by atoms with Crippen molar-refractivity contribution in [3.8, 4) is 0 Å². The lowest BCUT2D eigenvalue weighted by molar-refractivity contribution is 0.187. The van der Waals surface area contributed by atoms with Crippen LogP contribution in [0.1, 0.15) is 19.3 Å². The second-order valence-corrected chi connectivity index (χ2v) is 6.27. The third kappa shape index (κ3) is 2.91. The van der Waals surface area contributed by atoms with E-state index in [2.05, 4.69) is 21.3 Å². The number of aromatic nitrogens is 2. The molecule has 0 atom stereocenters. The molecule has 4 rings (SSSR count). The first kappa shape index (κ1) is 15.5. The molecule has 1 aromatic carbocycles. The van der Waals surface area contributed by atoms with Gasteiger partial charge in [0.15, 0.2) is 5.65 Å². The Morgan fingerprint density at radius 1 is 1.00 bits per heavy atom. The minimum atomic E-state index is -0.510. The predicted molar refractivity (Wildman–Crippen MR) is 99.0 cm³/mol. The maximum absolute atomic E-state index is 12.1. The van der Waals surface area contributed by atoms with Crippen LogP contribution in [0, 0.1) is 0 Å². The summed E-state index contributed by atoms with van der Waals surface area (Å²) >= 11 is 0. The topological polar surface area (TPSA) is 70.4 Å². The van der Waals surface area contributed by atoms with Gasteiger partial charge in [-0.3, -0.25) is 4.79 Å². The Labute approximate surface area is 145 Å². The Hall–Kier alpha value is -3.02. The SMILES string of the molecule is O=c1cc(Nc2ccccc2N2CCCCC2)c2cccnc2n1O. The number of para-hydroxylation sites is 2. The minimum Gasteiger partial charge on any atom is -0.423 e. The highest BCUT2D eigenvalue weighted by Crippen LogP contribution is 2.32. The van der Waals surface area contributed by atoms with Gasteiger partial charge in [0.2, 0.25) is 0 Å². The maximum atomic E-state index is 12.1. The summed E-state index contributed by atoms with van der Waals surface area (Å²) in [6.45, 7) is 2.08. The molecule has 1 aliphatic heterocycles. The quantitative estimate of drug-likeness (QED) is 0.718. The van der Waals surface area contributed by atoms with Gasteiger partial charge in [-0.25, -0.2) is 4.98 Å². The minimum absolute atomic E-state index is 0.243. The van der Waals surface area contributed by atoms with Crippen LogP contribution < -0.4 is 15.8 Å². The molecule has 0 saturated carbocycles. The zero-order valence-corrected chi connectivity index (χ0v) is 13.9. The zero-order chi connectivity index (χ0) is 17.2. The van der Waals surface area contributed by atoms with Crippen molar-refractivity contribution in [1.29, 1.82) is 0 Å². The summed E-state index contributed by atoms with van der Waals surface area (Å²) in [5.41, 5.74) is 2.46. The van der Waals surface area contributed by atoms with E-state index in [1.807, 2.05) is 24.3 Å². The molecule has 2 aromatic heterocycles. The van der Waals surface area contributed by atoms with Gasteiger partial charge in [0.05, 0.1) is 17.1 Å². The molecular formula is C19H20N4O2. The lowest BCUT2D eigenvalue weighted by Crippen LogP contribution is -2.29. The van der Waals surface area contributed by atoms with E-state index in [9.17, 15) is 10.0 Å². The van der Waals surface area contributed by atoms with Crippen LogP contribution in [0.5, 0.6) is 0 Å². The lowest BCUT2D eigenvalue weighted by Gasteiger charge is -2.30. The zero-order valence-electron chi connectivity index (χ0n) is 13.9. The fraction of sp³-hybridized carbons (Fsp3) is 0.263. The average Bonchev–Trinajstić information content (AvgIpc) is 2.67. The van der Waals surface area contributed by atoms with Crippen molar-refractivity contribution in [3.63, 3.8) is 0 Å². The van der Waals surface area contributed by atoms with E-state index in [0.29, 0.717) is 15.8 Å². The van der Waals surface area contributed by atoms with Gasteiger partial charge in [-0.05, 0) is 43.5 Å². The fourth-order valence-corrected chi connectivity index (χ4v) is 3.38. The van der Waals surface area contributed by atoms with Gasteiger partial charge in [-0.1, -0.05) is 12.1 Å². The van der Waals surface area contributed by atoms with Gasteiger partial charge >= 0.3 is 0 Å². The Morgan fingerprint density at radius 2 is 1.80 bits per heavy atom. The molecule has 0 amide bonds. The molecule has 0 unspecified atom stereocenters. The van der Waals surface area contributed by atoms with Crippen LogP contribution in [0.3, 0.4) is 0 Å². The highest BCUT2D eigenvalue weighted by atomic mass is 16.5. The number of hydrogen-bond donors (Lipinski definition) is 2. The van der Waals surface area contributed by atoms with Crippen molar-refractivity contribution in [3.05, 3.63) is 59.0 Å². The number of nitrogens with one attached hydrogen (secondary N) is 1. The second-order valence-electron chi connectivity index (χ2n) is 6.27. The molecular weight excluding hydrogens is 316 g/mol. The van der Waals surface area contributed by atoms with E-state index < -0.39 is 5.56 Å². The highest BCUT2D eigenvalue weighted by molar-refractivity contribution is 5.92. The Morgan fingerprint density at radius 3 is 2.64 bits per heavy atom. The van der Waals surface area contributed by atoms with E-state index in [0.717, 1.165) is 24.5 Å². The van der Waals surface area contributed by atoms with Crippen molar-refractivity contribution >= 4 is 28.1 Å². The molecule has 3 aromatic rings. The van der Waals surface area contributed by atoms with Crippen LogP contribution in [-0.4, -0.2) is 28.0 Å². The number of pyridine rings is 2. The van der Waals surface area contributed by atoms with E-state index in [4.69, 9.17) is 0 Å². The molecule has 2 N–H and O–H groups in total. The number of benzene rings is 1. The monoisotopic (exact) mass is 336 g/mol. The summed E-state index contributed by atoms with van der Waals surface area (Å²) in [5.74, 6) is 0. The number of fused-ring (bicyclic) bond motifs is 1. The van der Waals surface area contributed by atoms with Crippen LogP contribution in [0.2, 0.25) is 0 Å². The number of rotatable bonds is 3. The molecule has 128 valence electrons. The Bertz CT molecular complexity index is 961. The Balaban J connectivity index is 1.78. The van der Waals surface area contributed by atoms with Gasteiger partial charge < -0.3 is 15.4 Å². The van der Waals surface area contributed by atoms with E-state index >= 15 is 0 Å². The highest BCUT2D eigenvalue weighted by Gasteiger charge is 2.16. The molecule has 6 heteroatoms. The molecule has 25 heavy (non-hydrogen) atoms. The molecule has 1 aliphatic rings. The summed E-state index contributed by atoms with van der Waals surface area (Å²) in [7, 11) is 0. The molecule has 1 fully saturated rings. The smallest absolute Gasteiger partial charge is 0.286 e. The second kappa shape index (κ2) is 6.47. The summed E-state index contributed by atoms with van der Waals surface area (Å²) < 4.78 is 0.580. The number of piperidine rings is 1. The van der Waals surface area contributed by atoms with Gasteiger partial charge in [-0.15, -0.1) is 4.73 Å². The summed E-state index contributed by atoms with van der Waals surface area (Å²) in [5, 5.41) is 14.0. The predicted octanol–water partition coefficient (Wildman–Crippen LogP) is 3.37. The first-order chi connectivity index (χ1) is 12.2. The van der Waals surface area contributed by atoms with E-state index in [1.54, 1.807) is 12.3 Å². The molecule has 3 heterocycles. The molecule has 0 radical (unpaired) electrons. The first-order valence-corrected chi connectivity index (χ1v) is 8.55. The number of nitrogens with zero attached hydrogens (tertiary/aromatic N) is 3. The van der Waals surface area contributed by atoms with Crippen LogP contribution in [-0.2, 0) is 0 Å². The first-order valence-electron chi connectivity index (χ1n) is 8.55. The molecule has 1 saturated heterocycles. The number of anilines is 3. The normalized spacial score (nSPS) is 14.6. The van der Waals surface area contributed by atoms with Crippen molar-refractivity contribution in [2.45, 2.75) is 19.3 Å². The molecule has 0 bridgehead atoms. The third-order valence-corrected chi connectivity index (χ3v) is 4.62. The van der Waals surface area contributed by atoms with E-state index in [1.165, 1.54) is 25.3 Å². The summed E-state index contributed by atoms with van der Waals surface area (Å²) in [6, 6.07) is 13.1. The van der Waals surface area contributed by atoms with E-state index in [-0.39, 0.29) is 5.65 Å². The average molecular weight is 336 g/mol. The van der Waals surface area contributed by atoms with Crippen molar-refractivity contribution in [2.24, 2.45) is 0 Å². The summed E-state index contributed by atoms with van der Waals surface area (Å²) in [6.07, 6.45) is 5.22. The van der Waals surface area contributed by atoms with Crippen molar-refractivity contribution in [1.82, 2.24) is 9.71 Å². The van der Waals surface area contributed by atoms with Crippen LogP contribution in [0.4, 0.5) is 17.1 Å². The van der Waals surface area contributed by atoms with Crippen LogP contribution >= 0.6 is 0 Å². The van der Waals surface area contributed by atoms with Crippen LogP contribution in [0.25, 0.3) is 11.0 Å². The van der Waals surface area contributed by atoms with Crippen LogP contribution in [0.15, 0.2) is 53.5 Å². The van der Waals surface area contributed by atoms with Gasteiger partial charge in [-0.2, -0.15) is 0 Å². The largest absolute Gasteiger partial charge is 0.423 e. The standard InChI is InChI=1S/C19H20N4O2/c24-18-13-16(14-7-6-10-20-19(14)23(18)25)21-15-8-2-3-9-17(15)22-11-4-1-5-12-22/h2-3,6-10,13,21,25H,1,4-5,11-12H2. The fourth-order valence-electron chi connectivity index (χ4n) is 3.38. The number of hydrogen-bond acceptors (Lipinski definition) is 5. The van der Waals surface area contributed by atoms with Gasteiger partial charge in [0.25, 0.3) is 5.56 Å². The van der Waals surface area contributed by atoms with Gasteiger partial charge in [0.1, 0.15) is 0 Å². The van der Waals surface area contributed by atoms with Gasteiger partial charge in [0, 0.05) is 30.7 Å². The molecule has 0 aliphatic carbocycles. The molecule has 6 nitrogen and oxygen atoms in total. The Kier molecular flexibility index (Phi) is 4.01. The molecule has 0 spiro atoms. The van der Waals surface area contributed by atoms with Crippen molar-refractivity contribution < 1.29 is 5.21 Å². The van der Waals surface area contributed by atoms with Crippen molar-refractivity contribution in [2.75, 3.05) is 23.3 Å².